The largest absolute Gasteiger partial charge is 0.467 e. The van der Waals surface area contributed by atoms with Crippen LogP contribution in [0.1, 0.15) is 29.6 Å². The van der Waals surface area contributed by atoms with E-state index in [9.17, 15) is 9.59 Å². The van der Waals surface area contributed by atoms with Crippen molar-refractivity contribution in [3.8, 4) is 0 Å². The monoisotopic (exact) mass is 296 g/mol. The number of hydrogen-bond acceptors (Lipinski definition) is 4. The summed E-state index contributed by atoms with van der Waals surface area (Å²) in [4.78, 5) is 25.9. The second-order valence-corrected chi connectivity index (χ2v) is 5.18. The summed E-state index contributed by atoms with van der Waals surface area (Å²) in [6, 6.07) is 4.21. The van der Waals surface area contributed by atoms with E-state index in [1.807, 2.05) is 0 Å². The van der Waals surface area contributed by atoms with Crippen LogP contribution in [0, 0.1) is 0 Å². The summed E-state index contributed by atoms with van der Waals surface area (Å²) in [6.45, 7) is 0.518. The zero-order chi connectivity index (χ0) is 14.7. The van der Waals surface area contributed by atoms with Crippen molar-refractivity contribution >= 4 is 29.2 Å². The number of nitrogen functional groups attached to an aromatic ring is 1. The van der Waals surface area contributed by atoms with E-state index in [-0.39, 0.29) is 5.91 Å². The fourth-order valence-electron chi connectivity index (χ4n) is 2.42. The van der Waals surface area contributed by atoms with E-state index in [2.05, 4.69) is 0 Å². The maximum Gasteiger partial charge on any atom is 0.328 e. The summed E-state index contributed by atoms with van der Waals surface area (Å²) < 4.78 is 4.77. The number of carbonyl (C=O) groups excluding carboxylic acids is 2. The molecule has 1 saturated heterocycles. The van der Waals surface area contributed by atoms with Crippen molar-refractivity contribution in [2.75, 3.05) is 19.4 Å². The maximum atomic E-state index is 12.6. The summed E-state index contributed by atoms with van der Waals surface area (Å²) in [5, 5.41) is 0.332. The Hall–Kier alpha value is -1.75. The van der Waals surface area contributed by atoms with Crippen molar-refractivity contribution in [3.63, 3.8) is 0 Å². The molecule has 1 aromatic rings. The Balaban J connectivity index is 2.30. The molecule has 0 spiro atoms. The molecule has 2 rings (SSSR count). The molecule has 1 aliphatic rings. The van der Waals surface area contributed by atoms with Crippen LogP contribution in [-0.4, -0.2) is 36.5 Å². The van der Waals surface area contributed by atoms with Gasteiger partial charge >= 0.3 is 5.97 Å². The molecule has 1 amide bonds. The first-order valence-corrected chi connectivity index (χ1v) is 6.86. The van der Waals surface area contributed by atoms with Gasteiger partial charge in [-0.2, -0.15) is 0 Å². The molecular weight excluding hydrogens is 280 g/mol. The van der Waals surface area contributed by atoms with Crippen molar-refractivity contribution < 1.29 is 14.3 Å². The Morgan fingerprint density at radius 2 is 2.15 bits per heavy atom. The summed E-state index contributed by atoms with van der Waals surface area (Å²) in [6.07, 6.45) is 2.37. The van der Waals surface area contributed by atoms with Crippen LogP contribution in [0.25, 0.3) is 0 Å². The number of benzene rings is 1. The van der Waals surface area contributed by atoms with E-state index < -0.39 is 12.0 Å². The number of anilines is 1. The molecule has 1 heterocycles. The molecular formula is C14H17ClN2O3. The highest BCUT2D eigenvalue weighted by atomic mass is 35.5. The second-order valence-electron chi connectivity index (χ2n) is 4.77. The van der Waals surface area contributed by atoms with Gasteiger partial charge in [-0.25, -0.2) is 4.79 Å². The normalized spacial score (nSPS) is 18.7. The lowest BCUT2D eigenvalue weighted by molar-refractivity contribution is -0.147. The number of amides is 1. The number of ether oxygens (including phenoxy) is 1. The third-order valence-corrected chi connectivity index (χ3v) is 3.79. The first-order valence-electron chi connectivity index (χ1n) is 6.48. The van der Waals surface area contributed by atoms with Crippen LogP contribution < -0.4 is 5.73 Å². The van der Waals surface area contributed by atoms with E-state index in [0.717, 1.165) is 12.8 Å². The molecule has 1 unspecified atom stereocenters. The first-order chi connectivity index (χ1) is 9.54. The van der Waals surface area contributed by atoms with E-state index in [1.165, 1.54) is 18.1 Å². The lowest BCUT2D eigenvalue weighted by Crippen LogP contribution is -2.48. The average Bonchev–Trinajstić information content (AvgIpc) is 2.48. The first kappa shape index (κ1) is 14.7. The summed E-state index contributed by atoms with van der Waals surface area (Å²) in [5.74, 6) is -0.671. The van der Waals surface area contributed by atoms with Gasteiger partial charge in [0.25, 0.3) is 5.91 Å². The molecule has 0 bridgehead atoms. The lowest BCUT2D eigenvalue weighted by atomic mass is 10.0. The number of esters is 1. The quantitative estimate of drug-likeness (QED) is 0.670. The Morgan fingerprint density at radius 3 is 2.85 bits per heavy atom. The molecule has 20 heavy (non-hydrogen) atoms. The standard InChI is InChI=1S/C14H17ClN2O3/c1-20-14(19)12-4-2-3-7-17(12)13(18)10-8-9(16)5-6-11(10)15/h5-6,8,12H,2-4,7,16H2,1H3. The third-order valence-electron chi connectivity index (χ3n) is 3.46. The highest BCUT2D eigenvalue weighted by Crippen LogP contribution is 2.25. The number of hydrogen-bond donors (Lipinski definition) is 1. The van der Waals surface area contributed by atoms with Crippen molar-refractivity contribution in [2.24, 2.45) is 0 Å². The van der Waals surface area contributed by atoms with Gasteiger partial charge in [-0.05, 0) is 37.5 Å². The van der Waals surface area contributed by atoms with Crippen LogP contribution in [0.4, 0.5) is 5.69 Å². The fourth-order valence-corrected chi connectivity index (χ4v) is 2.62. The third kappa shape index (κ3) is 2.88. The van der Waals surface area contributed by atoms with Crippen molar-refractivity contribution in [1.82, 2.24) is 4.90 Å². The number of carbonyl (C=O) groups is 2. The van der Waals surface area contributed by atoms with Gasteiger partial charge in [0, 0.05) is 12.2 Å². The van der Waals surface area contributed by atoms with Crippen LogP contribution in [-0.2, 0) is 9.53 Å². The van der Waals surface area contributed by atoms with Crippen LogP contribution in [0.15, 0.2) is 18.2 Å². The van der Waals surface area contributed by atoms with Gasteiger partial charge < -0.3 is 15.4 Å². The number of nitrogens with two attached hydrogens (primary N) is 1. The minimum Gasteiger partial charge on any atom is -0.467 e. The van der Waals surface area contributed by atoms with E-state index in [0.29, 0.717) is 29.2 Å². The highest BCUT2D eigenvalue weighted by molar-refractivity contribution is 6.34. The van der Waals surface area contributed by atoms with E-state index in [4.69, 9.17) is 22.1 Å². The molecule has 0 aromatic heterocycles. The molecule has 6 heteroatoms. The molecule has 1 atom stereocenters. The summed E-state index contributed by atoms with van der Waals surface area (Å²) >= 11 is 6.05. The smallest absolute Gasteiger partial charge is 0.328 e. The molecule has 1 fully saturated rings. The van der Waals surface area contributed by atoms with Crippen LogP contribution in [0.3, 0.4) is 0 Å². The topological polar surface area (TPSA) is 72.6 Å². The Labute approximate surface area is 122 Å². The van der Waals surface area contributed by atoms with Gasteiger partial charge in [-0.3, -0.25) is 4.79 Å². The minimum absolute atomic E-state index is 0.280. The molecule has 1 aromatic carbocycles. The molecule has 2 N–H and O–H groups in total. The Morgan fingerprint density at radius 1 is 1.40 bits per heavy atom. The number of methoxy groups -OCH3 is 1. The molecule has 5 nitrogen and oxygen atoms in total. The van der Waals surface area contributed by atoms with Gasteiger partial charge in [0.2, 0.25) is 0 Å². The zero-order valence-corrected chi connectivity index (χ0v) is 12.0. The van der Waals surface area contributed by atoms with Crippen molar-refractivity contribution in [1.29, 1.82) is 0 Å². The Kier molecular flexibility index (Phi) is 4.49. The Bertz CT molecular complexity index is 533. The predicted molar refractivity (Wildman–Crippen MR) is 76.6 cm³/mol. The lowest BCUT2D eigenvalue weighted by Gasteiger charge is -2.34. The van der Waals surface area contributed by atoms with E-state index >= 15 is 0 Å². The molecule has 0 radical (unpaired) electrons. The highest BCUT2D eigenvalue weighted by Gasteiger charge is 2.34. The van der Waals surface area contributed by atoms with Crippen LogP contribution >= 0.6 is 11.6 Å². The molecule has 0 saturated carbocycles. The zero-order valence-electron chi connectivity index (χ0n) is 11.3. The van der Waals surface area contributed by atoms with Crippen molar-refractivity contribution in [3.05, 3.63) is 28.8 Å². The predicted octanol–water partition coefficient (Wildman–Crippen LogP) is 2.09. The van der Waals surface area contributed by atoms with Crippen LogP contribution in [0.2, 0.25) is 5.02 Å². The van der Waals surface area contributed by atoms with Gasteiger partial charge in [0.15, 0.2) is 0 Å². The fraction of sp³-hybridized carbons (Fsp3) is 0.429. The van der Waals surface area contributed by atoms with Gasteiger partial charge in [-0.15, -0.1) is 0 Å². The SMILES string of the molecule is COC(=O)C1CCCCN1C(=O)c1cc(N)ccc1Cl. The number of piperidine rings is 1. The molecule has 0 aliphatic carbocycles. The van der Waals surface area contributed by atoms with Crippen molar-refractivity contribution in [2.45, 2.75) is 25.3 Å². The number of likely N-dealkylation sites (tertiary alicyclic amines) is 1. The number of nitrogens with zero attached hydrogens (tertiary/aromatic N) is 1. The summed E-state index contributed by atoms with van der Waals surface area (Å²) in [7, 11) is 1.33. The van der Waals surface area contributed by atoms with Crippen LogP contribution in [0.5, 0.6) is 0 Å². The second kappa shape index (κ2) is 6.13. The minimum atomic E-state index is -0.543. The van der Waals surface area contributed by atoms with Gasteiger partial charge in [-0.1, -0.05) is 11.6 Å². The number of halogens is 1. The maximum absolute atomic E-state index is 12.6. The summed E-state index contributed by atoms with van der Waals surface area (Å²) in [5.41, 5.74) is 6.48. The molecule has 1 aliphatic heterocycles. The van der Waals surface area contributed by atoms with E-state index in [1.54, 1.807) is 12.1 Å². The van der Waals surface area contributed by atoms with Gasteiger partial charge in [0.1, 0.15) is 6.04 Å². The number of rotatable bonds is 2. The van der Waals surface area contributed by atoms with Gasteiger partial charge in [0.05, 0.1) is 17.7 Å². The molecule has 108 valence electrons. The average molecular weight is 297 g/mol.